The van der Waals surface area contributed by atoms with E-state index in [-0.39, 0.29) is 5.91 Å². The molecule has 1 N–H and O–H groups in total. The van der Waals surface area contributed by atoms with Gasteiger partial charge in [0.1, 0.15) is 5.82 Å². The molecule has 0 aliphatic carbocycles. The summed E-state index contributed by atoms with van der Waals surface area (Å²) in [6.45, 7) is 3.57. The molecular weight excluding hydrogens is 293 g/mol. The van der Waals surface area contributed by atoms with Crippen LogP contribution in [0.3, 0.4) is 0 Å². The van der Waals surface area contributed by atoms with Gasteiger partial charge in [0.15, 0.2) is 0 Å². The highest BCUT2D eigenvalue weighted by molar-refractivity contribution is 6.04. The zero-order chi connectivity index (χ0) is 16.1. The van der Waals surface area contributed by atoms with Crippen LogP contribution in [0, 0.1) is 0 Å². The topological polar surface area (TPSA) is 42.0 Å². The molecule has 22 heavy (non-hydrogen) atoms. The second kappa shape index (κ2) is 4.56. The average molecular weight is 306 g/mol. The molecule has 0 spiro atoms. The van der Waals surface area contributed by atoms with Crippen molar-refractivity contribution in [1.82, 2.24) is 4.98 Å². The molecule has 1 aliphatic heterocycles. The molecule has 1 aliphatic rings. The Hall–Kier alpha value is -2.37. The number of hydrogen-bond donors (Lipinski definition) is 1. The first-order valence-corrected chi connectivity index (χ1v) is 6.69. The van der Waals surface area contributed by atoms with E-state index in [1.807, 2.05) is 0 Å². The number of carbonyl (C=O) groups is 1. The van der Waals surface area contributed by atoms with Crippen molar-refractivity contribution in [3.8, 4) is 11.1 Å². The van der Waals surface area contributed by atoms with Crippen molar-refractivity contribution in [2.45, 2.75) is 25.4 Å². The fraction of sp³-hybridized carbons (Fsp3) is 0.250. The highest BCUT2D eigenvalue weighted by Gasteiger charge is 2.39. The van der Waals surface area contributed by atoms with Gasteiger partial charge >= 0.3 is 6.18 Å². The summed E-state index contributed by atoms with van der Waals surface area (Å²) in [5.74, 6) is 0.366. The maximum Gasteiger partial charge on any atom is 0.416 e. The van der Waals surface area contributed by atoms with Crippen molar-refractivity contribution in [2.75, 3.05) is 5.32 Å². The van der Waals surface area contributed by atoms with E-state index in [2.05, 4.69) is 10.3 Å². The van der Waals surface area contributed by atoms with Crippen molar-refractivity contribution >= 4 is 11.7 Å². The number of alkyl halides is 3. The Morgan fingerprint density at radius 1 is 1.09 bits per heavy atom. The number of nitrogens with zero attached hydrogens (tertiary/aromatic N) is 1. The zero-order valence-corrected chi connectivity index (χ0v) is 12.0. The molecule has 2 aromatic rings. The van der Waals surface area contributed by atoms with Crippen LogP contribution in [0.25, 0.3) is 11.1 Å². The molecule has 2 heterocycles. The number of fused-ring (bicyclic) bond motifs is 1. The van der Waals surface area contributed by atoms with Crippen LogP contribution in [-0.2, 0) is 16.4 Å². The highest BCUT2D eigenvalue weighted by Crippen LogP contribution is 2.38. The van der Waals surface area contributed by atoms with Gasteiger partial charge in [-0.1, -0.05) is 12.1 Å². The SMILES string of the molecule is CC1(C)C(=O)Nc2ncc(-c3ccc(C(F)(F)F)cc3)cc21. The van der Waals surface area contributed by atoms with Crippen LogP contribution in [0.4, 0.5) is 19.0 Å². The lowest BCUT2D eigenvalue weighted by Gasteiger charge is -2.15. The van der Waals surface area contributed by atoms with E-state index >= 15 is 0 Å². The van der Waals surface area contributed by atoms with Crippen molar-refractivity contribution in [1.29, 1.82) is 0 Å². The lowest BCUT2D eigenvalue weighted by molar-refractivity contribution is -0.137. The molecule has 0 radical (unpaired) electrons. The Balaban J connectivity index is 2.01. The van der Waals surface area contributed by atoms with E-state index < -0.39 is 17.2 Å². The van der Waals surface area contributed by atoms with Gasteiger partial charge in [0.05, 0.1) is 11.0 Å². The summed E-state index contributed by atoms with van der Waals surface area (Å²) in [6.07, 6.45) is -2.81. The van der Waals surface area contributed by atoms with Crippen LogP contribution in [0.2, 0.25) is 0 Å². The smallest absolute Gasteiger partial charge is 0.310 e. The lowest BCUT2D eigenvalue weighted by atomic mass is 9.86. The molecule has 6 heteroatoms. The van der Waals surface area contributed by atoms with E-state index in [0.717, 1.165) is 17.7 Å². The first-order chi connectivity index (χ1) is 10.2. The Kier molecular flexibility index (Phi) is 3.02. The third-order valence-electron chi connectivity index (χ3n) is 3.91. The average Bonchev–Trinajstić information content (AvgIpc) is 2.68. The normalized spacial score (nSPS) is 16.3. The summed E-state index contributed by atoms with van der Waals surface area (Å²) >= 11 is 0. The third-order valence-corrected chi connectivity index (χ3v) is 3.91. The van der Waals surface area contributed by atoms with Gasteiger partial charge in [-0.2, -0.15) is 13.2 Å². The number of halogens is 3. The van der Waals surface area contributed by atoms with E-state index in [1.54, 1.807) is 26.1 Å². The quantitative estimate of drug-likeness (QED) is 0.865. The Morgan fingerprint density at radius 3 is 2.32 bits per heavy atom. The number of benzene rings is 1. The molecule has 1 amide bonds. The molecule has 1 aromatic heterocycles. The lowest BCUT2D eigenvalue weighted by Crippen LogP contribution is -2.26. The number of rotatable bonds is 1. The summed E-state index contributed by atoms with van der Waals surface area (Å²) in [6, 6.07) is 6.68. The number of amides is 1. The zero-order valence-electron chi connectivity index (χ0n) is 12.0. The maximum atomic E-state index is 12.6. The van der Waals surface area contributed by atoms with Gasteiger partial charge in [0.25, 0.3) is 0 Å². The number of anilines is 1. The first-order valence-electron chi connectivity index (χ1n) is 6.69. The van der Waals surface area contributed by atoms with Crippen molar-refractivity contribution in [3.63, 3.8) is 0 Å². The largest absolute Gasteiger partial charge is 0.416 e. The molecule has 0 unspecified atom stereocenters. The fourth-order valence-corrected chi connectivity index (χ4v) is 2.44. The van der Waals surface area contributed by atoms with Crippen LogP contribution in [-0.4, -0.2) is 10.9 Å². The van der Waals surface area contributed by atoms with Crippen LogP contribution in [0.1, 0.15) is 25.0 Å². The maximum absolute atomic E-state index is 12.6. The van der Waals surface area contributed by atoms with Crippen LogP contribution < -0.4 is 5.32 Å². The van der Waals surface area contributed by atoms with Gasteiger partial charge in [0.2, 0.25) is 5.91 Å². The summed E-state index contributed by atoms with van der Waals surface area (Å²) in [7, 11) is 0. The monoisotopic (exact) mass is 306 g/mol. The molecule has 0 saturated carbocycles. The van der Waals surface area contributed by atoms with E-state index in [9.17, 15) is 18.0 Å². The van der Waals surface area contributed by atoms with Crippen molar-refractivity contribution < 1.29 is 18.0 Å². The molecule has 0 atom stereocenters. The van der Waals surface area contributed by atoms with Gasteiger partial charge in [-0.25, -0.2) is 4.98 Å². The summed E-state index contributed by atoms with van der Waals surface area (Å²) in [5.41, 5.74) is 0.650. The second-order valence-corrected chi connectivity index (χ2v) is 5.77. The van der Waals surface area contributed by atoms with Gasteiger partial charge in [0, 0.05) is 17.3 Å². The van der Waals surface area contributed by atoms with Crippen LogP contribution in [0.5, 0.6) is 0 Å². The molecule has 0 bridgehead atoms. The van der Waals surface area contributed by atoms with E-state index in [4.69, 9.17) is 0 Å². The van der Waals surface area contributed by atoms with Crippen molar-refractivity contribution in [3.05, 3.63) is 47.7 Å². The number of aromatic nitrogens is 1. The molecule has 1 aromatic carbocycles. The predicted octanol–water partition coefficient (Wildman–Crippen LogP) is 4.00. The minimum atomic E-state index is -4.35. The molecule has 3 rings (SSSR count). The summed E-state index contributed by atoms with van der Waals surface area (Å²) in [5, 5.41) is 2.70. The standard InChI is InChI=1S/C16H13F3N2O/c1-15(2)12-7-10(8-20-13(12)21-14(15)22)9-3-5-11(6-4-9)16(17,18)19/h3-8H,1-2H3,(H,20,21,22). The Bertz CT molecular complexity index is 749. The van der Waals surface area contributed by atoms with Crippen LogP contribution in [0.15, 0.2) is 36.5 Å². The van der Waals surface area contributed by atoms with Gasteiger partial charge in [-0.15, -0.1) is 0 Å². The molecule has 0 fully saturated rings. The van der Waals surface area contributed by atoms with E-state index in [1.165, 1.54) is 12.1 Å². The Morgan fingerprint density at radius 2 is 1.73 bits per heavy atom. The predicted molar refractivity (Wildman–Crippen MR) is 76.3 cm³/mol. The summed E-state index contributed by atoms with van der Waals surface area (Å²) in [4.78, 5) is 16.1. The van der Waals surface area contributed by atoms with Gasteiger partial charge in [-0.05, 0) is 37.6 Å². The molecular formula is C16H13F3N2O. The van der Waals surface area contributed by atoms with E-state index in [0.29, 0.717) is 16.9 Å². The highest BCUT2D eigenvalue weighted by atomic mass is 19.4. The Labute approximate surface area is 125 Å². The molecule has 114 valence electrons. The molecule has 3 nitrogen and oxygen atoms in total. The van der Waals surface area contributed by atoms with Crippen LogP contribution >= 0.6 is 0 Å². The second-order valence-electron chi connectivity index (χ2n) is 5.77. The molecule has 0 saturated heterocycles. The minimum absolute atomic E-state index is 0.139. The summed E-state index contributed by atoms with van der Waals surface area (Å²) < 4.78 is 37.8. The fourth-order valence-electron chi connectivity index (χ4n) is 2.44. The third kappa shape index (κ3) is 2.24. The number of pyridine rings is 1. The van der Waals surface area contributed by atoms with Gasteiger partial charge in [-0.3, -0.25) is 4.79 Å². The minimum Gasteiger partial charge on any atom is -0.310 e. The first kappa shape index (κ1) is 14.6. The van der Waals surface area contributed by atoms with Crippen molar-refractivity contribution in [2.24, 2.45) is 0 Å². The number of nitrogens with one attached hydrogen (secondary N) is 1. The number of carbonyl (C=O) groups excluding carboxylic acids is 1. The number of hydrogen-bond acceptors (Lipinski definition) is 2. The van der Waals surface area contributed by atoms with Gasteiger partial charge < -0.3 is 5.32 Å².